The molecule has 1 heterocycles. The van der Waals surface area contributed by atoms with E-state index in [-0.39, 0.29) is 18.0 Å². The molecule has 2 N–H and O–H groups in total. The van der Waals surface area contributed by atoms with Crippen molar-refractivity contribution in [2.24, 2.45) is 0 Å². The van der Waals surface area contributed by atoms with E-state index in [0.717, 1.165) is 23.2 Å². The van der Waals surface area contributed by atoms with E-state index in [1.54, 1.807) is 6.20 Å². The molecule has 92 valence electrons. The molecule has 1 aliphatic rings. The van der Waals surface area contributed by atoms with Crippen LogP contribution in [0.4, 0.5) is 5.69 Å². The Bertz CT molecular complexity index is 465. The summed E-state index contributed by atoms with van der Waals surface area (Å²) < 4.78 is 1.16. The summed E-state index contributed by atoms with van der Waals surface area (Å²) in [4.78, 5) is 23.0. The van der Waals surface area contributed by atoms with Gasteiger partial charge in [-0.3, -0.25) is 9.59 Å². The minimum atomic E-state index is -0.262. The zero-order valence-corrected chi connectivity index (χ0v) is 9.77. The van der Waals surface area contributed by atoms with Crippen molar-refractivity contribution in [3.05, 3.63) is 22.6 Å². The third-order valence-electron chi connectivity index (χ3n) is 2.49. The number of hydrogen-bond acceptors (Lipinski definition) is 4. The number of nitrogens with one attached hydrogen (secondary N) is 2. The van der Waals surface area contributed by atoms with Gasteiger partial charge in [0.05, 0.1) is 11.9 Å². The molecule has 0 spiro atoms. The van der Waals surface area contributed by atoms with E-state index in [0.29, 0.717) is 12.6 Å². The molecule has 17 heavy (non-hydrogen) atoms. The van der Waals surface area contributed by atoms with E-state index >= 15 is 0 Å². The molecule has 1 amide bonds. The van der Waals surface area contributed by atoms with E-state index in [4.69, 9.17) is 0 Å². The number of likely N-dealkylation sites (N-methyl/N-ethyl adjacent to an activating group) is 1. The Balaban J connectivity index is 2.02. The number of carbonyl (C=O) groups excluding carboxylic acids is 1. The first-order chi connectivity index (χ1) is 8.19. The van der Waals surface area contributed by atoms with Gasteiger partial charge >= 0.3 is 0 Å². The fraction of sp³-hybridized carbons (Fsp3) is 0.545. The first-order valence-electron chi connectivity index (χ1n) is 5.79. The van der Waals surface area contributed by atoms with Crippen molar-refractivity contribution in [2.75, 3.05) is 11.9 Å². The van der Waals surface area contributed by atoms with E-state index in [1.807, 2.05) is 6.92 Å². The van der Waals surface area contributed by atoms with Gasteiger partial charge < -0.3 is 10.6 Å². The average Bonchev–Trinajstić information content (AvgIpc) is 3.06. The Morgan fingerprint density at radius 3 is 2.94 bits per heavy atom. The van der Waals surface area contributed by atoms with Crippen molar-refractivity contribution in [1.29, 1.82) is 0 Å². The lowest BCUT2D eigenvalue weighted by molar-refractivity contribution is -0.121. The number of rotatable bonds is 5. The predicted octanol–water partition coefficient (Wildman–Crippen LogP) is -0.0463. The topological polar surface area (TPSA) is 76.0 Å². The Hall–Kier alpha value is -1.85. The lowest BCUT2D eigenvalue weighted by Gasteiger charge is -2.07. The van der Waals surface area contributed by atoms with Gasteiger partial charge in [0.2, 0.25) is 5.91 Å². The van der Waals surface area contributed by atoms with E-state index in [1.165, 1.54) is 6.07 Å². The molecule has 6 heteroatoms. The molecule has 0 atom stereocenters. The fourth-order valence-corrected chi connectivity index (χ4v) is 1.48. The van der Waals surface area contributed by atoms with E-state index < -0.39 is 0 Å². The molecule has 1 fully saturated rings. The highest BCUT2D eigenvalue weighted by molar-refractivity contribution is 5.75. The summed E-state index contributed by atoms with van der Waals surface area (Å²) in [6.07, 6.45) is 3.86. The van der Waals surface area contributed by atoms with Gasteiger partial charge in [0.15, 0.2) is 0 Å². The predicted molar refractivity (Wildman–Crippen MR) is 63.8 cm³/mol. The van der Waals surface area contributed by atoms with E-state index in [9.17, 15) is 9.59 Å². The maximum atomic E-state index is 11.7. The molecular weight excluding hydrogens is 220 g/mol. The van der Waals surface area contributed by atoms with E-state index in [2.05, 4.69) is 15.7 Å². The highest BCUT2D eigenvalue weighted by atomic mass is 16.2. The third kappa shape index (κ3) is 3.30. The standard InChI is InChI=1S/C11H16N4O2/c1-2-12-10(16)7-15-11(17)5-9(6-13-15)14-8-3-4-8/h5-6,8,14H,2-4,7H2,1H3,(H,12,16). The average molecular weight is 236 g/mol. The van der Waals surface area contributed by atoms with Crippen LogP contribution in [-0.2, 0) is 11.3 Å². The first kappa shape index (κ1) is 11.6. The normalized spacial score (nSPS) is 14.4. The van der Waals surface area contributed by atoms with Crippen LogP contribution in [-0.4, -0.2) is 28.3 Å². The monoisotopic (exact) mass is 236 g/mol. The summed E-state index contributed by atoms with van der Waals surface area (Å²) in [5.74, 6) is -0.204. The van der Waals surface area contributed by atoms with Crippen LogP contribution < -0.4 is 16.2 Å². The Morgan fingerprint density at radius 1 is 1.59 bits per heavy atom. The van der Waals surface area contributed by atoms with Gasteiger partial charge in [0.25, 0.3) is 5.56 Å². The largest absolute Gasteiger partial charge is 0.381 e. The maximum absolute atomic E-state index is 11.7. The zero-order valence-electron chi connectivity index (χ0n) is 9.77. The van der Waals surface area contributed by atoms with Gasteiger partial charge in [-0.25, -0.2) is 4.68 Å². The molecule has 1 aromatic rings. The summed E-state index contributed by atoms with van der Waals surface area (Å²) in [5, 5.41) is 9.77. The van der Waals surface area contributed by atoms with Gasteiger partial charge in [-0.2, -0.15) is 5.10 Å². The molecule has 0 unspecified atom stereocenters. The quantitative estimate of drug-likeness (QED) is 0.751. The van der Waals surface area contributed by atoms with Crippen molar-refractivity contribution in [2.45, 2.75) is 32.4 Å². The summed E-state index contributed by atoms with van der Waals surface area (Å²) >= 11 is 0. The van der Waals surface area contributed by atoms with Gasteiger partial charge in [-0.05, 0) is 19.8 Å². The molecule has 0 aromatic carbocycles. The highest BCUT2D eigenvalue weighted by Gasteiger charge is 2.21. The third-order valence-corrected chi connectivity index (χ3v) is 2.49. The molecular formula is C11H16N4O2. The summed E-state index contributed by atoms with van der Waals surface area (Å²) in [7, 11) is 0. The van der Waals surface area contributed by atoms with Gasteiger partial charge in [-0.1, -0.05) is 0 Å². The van der Waals surface area contributed by atoms with Crippen LogP contribution in [0.25, 0.3) is 0 Å². The number of hydrogen-bond donors (Lipinski definition) is 2. The molecule has 1 saturated carbocycles. The Labute approximate surface area is 99.0 Å². The molecule has 0 bridgehead atoms. The fourth-order valence-electron chi connectivity index (χ4n) is 1.48. The smallest absolute Gasteiger partial charge is 0.269 e. The second-order valence-electron chi connectivity index (χ2n) is 4.11. The van der Waals surface area contributed by atoms with Crippen LogP contribution in [0.1, 0.15) is 19.8 Å². The van der Waals surface area contributed by atoms with Crippen molar-refractivity contribution >= 4 is 11.6 Å². The Morgan fingerprint density at radius 2 is 2.35 bits per heavy atom. The number of amides is 1. The summed E-state index contributed by atoms with van der Waals surface area (Å²) in [6, 6.07) is 1.96. The molecule has 1 aromatic heterocycles. The second-order valence-corrected chi connectivity index (χ2v) is 4.11. The van der Waals surface area contributed by atoms with Crippen molar-refractivity contribution in [1.82, 2.24) is 15.1 Å². The number of anilines is 1. The summed E-state index contributed by atoms with van der Waals surface area (Å²) in [6.45, 7) is 2.35. The van der Waals surface area contributed by atoms with Gasteiger partial charge in [0, 0.05) is 18.7 Å². The number of carbonyl (C=O) groups is 1. The SMILES string of the molecule is CCNC(=O)Cn1ncc(NC2CC2)cc1=O. The minimum absolute atomic E-state index is 0.0314. The Kier molecular flexibility index (Phi) is 3.41. The highest BCUT2D eigenvalue weighted by Crippen LogP contribution is 2.23. The second kappa shape index (κ2) is 4.99. The van der Waals surface area contributed by atoms with Gasteiger partial charge in [0.1, 0.15) is 6.54 Å². The zero-order chi connectivity index (χ0) is 12.3. The van der Waals surface area contributed by atoms with Gasteiger partial charge in [-0.15, -0.1) is 0 Å². The van der Waals surface area contributed by atoms with Crippen LogP contribution in [0.15, 0.2) is 17.1 Å². The van der Waals surface area contributed by atoms with Crippen LogP contribution in [0.3, 0.4) is 0 Å². The van der Waals surface area contributed by atoms with Crippen molar-refractivity contribution in [3.63, 3.8) is 0 Å². The summed E-state index contributed by atoms with van der Waals surface area (Å²) in [5.41, 5.74) is 0.464. The minimum Gasteiger partial charge on any atom is -0.381 e. The van der Waals surface area contributed by atoms with Crippen LogP contribution in [0, 0.1) is 0 Å². The van der Waals surface area contributed by atoms with Crippen LogP contribution in [0.2, 0.25) is 0 Å². The molecule has 0 saturated heterocycles. The van der Waals surface area contributed by atoms with Crippen LogP contribution >= 0.6 is 0 Å². The maximum Gasteiger partial charge on any atom is 0.269 e. The molecule has 1 aliphatic carbocycles. The molecule has 6 nitrogen and oxygen atoms in total. The van der Waals surface area contributed by atoms with Crippen LogP contribution in [0.5, 0.6) is 0 Å². The number of aromatic nitrogens is 2. The van der Waals surface area contributed by atoms with Crippen molar-refractivity contribution in [3.8, 4) is 0 Å². The number of nitrogens with zero attached hydrogens (tertiary/aromatic N) is 2. The molecule has 0 radical (unpaired) electrons. The molecule has 2 rings (SSSR count). The molecule has 0 aliphatic heterocycles. The first-order valence-corrected chi connectivity index (χ1v) is 5.79. The van der Waals surface area contributed by atoms with Crippen molar-refractivity contribution < 1.29 is 4.79 Å². The lowest BCUT2D eigenvalue weighted by Crippen LogP contribution is -2.33. The lowest BCUT2D eigenvalue weighted by atomic mass is 10.4.